The van der Waals surface area contributed by atoms with Gasteiger partial charge >= 0.3 is 0 Å². The first kappa shape index (κ1) is 19.4. The second-order valence-electron chi connectivity index (χ2n) is 7.64. The molecule has 0 spiro atoms. The SMILES string of the molecule is CCN(C(C=O)C1CCc2ccccc2C1)N(c1ccccc1)c1ccccc1. The minimum atomic E-state index is -0.172. The summed E-state index contributed by atoms with van der Waals surface area (Å²) in [7, 11) is 0. The molecule has 0 heterocycles. The van der Waals surface area contributed by atoms with E-state index < -0.39 is 0 Å². The number of para-hydroxylation sites is 2. The Morgan fingerprint density at radius 3 is 1.97 bits per heavy atom. The van der Waals surface area contributed by atoms with E-state index in [9.17, 15) is 4.79 Å². The third-order valence-corrected chi connectivity index (χ3v) is 5.93. The van der Waals surface area contributed by atoms with Gasteiger partial charge in [0.15, 0.2) is 0 Å². The Bertz CT molecular complexity index is 886. The third kappa shape index (κ3) is 4.10. The van der Waals surface area contributed by atoms with Crippen LogP contribution in [0.3, 0.4) is 0 Å². The van der Waals surface area contributed by atoms with Crippen LogP contribution in [0.5, 0.6) is 0 Å². The molecule has 3 aromatic carbocycles. The number of aldehydes is 1. The monoisotopic (exact) mass is 384 g/mol. The number of aryl methyl sites for hydroxylation is 1. The molecule has 0 fully saturated rings. The molecule has 2 atom stereocenters. The average Bonchev–Trinajstić information content (AvgIpc) is 2.80. The van der Waals surface area contributed by atoms with Crippen LogP contribution in [-0.4, -0.2) is 23.9 Å². The van der Waals surface area contributed by atoms with Crippen LogP contribution in [0.1, 0.15) is 24.5 Å². The van der Waals surface area contributed by atoms with Gasteiger partial charge in [-0.2, -0.15) is 0 Å². The van der Waals surface area contributed by atoms with Crippen molar-refractivity contribution in [3.63, 3.8) is 0 Å². The van der Waals surface area contributed by atoms with Crippen LogP contribution in [0.4, 0.5) is 11.4 Å². The normalized spacial score (nSPS) is 16.8. The molecule has 29 heavy (non-hydrogen) atoms. The quantitative estimate of drug-likeness (QED) is 0.401. The highest BCUT2D eigenvalue weighted by atomic mass is 16.1. The summed E-state index contributed by atoms with van der Waals surface area (Å²) in [5.41, 5.74) is 4.96. The molecule has 4 rings (SSSR count). The number of anilines is 2. The molecule has 1 aliphatic carbocycles. The molecule has 2 unspecified atom stereocenters. The van der Waals surface area contributed by atoms with E-state index in [1.165, 1.54) is 11.1 Å². The third-order valence-electron chi connectivity index (χ3n) is 5.93. The molecular weight excluding hydrogens is 356 g/mol. The number of rotatable bonds is 7. The van der Waals surface area contributed by atoms with Crippen LogP contribution in [0.25, 0.3) is 0 Å². The smallest absolute Gasteiger partial charge is 0.139 e. The fraction of sp³-hybridized carbons (Fsp3) is 0.269. The highest BCUT2D eigenvalue weighted by Gasteiger charge is 2.33. The van der Waals surface area contributed by atoms with Gasteiger partial charge in [0.1, 0.15) is 6.29 Å². The lowest BCUT2D eigenvalue weighted by Crippen LogP contribution is -2.51. The van der Waals surface area contributed by atoms with Gasteiger partial charge in [0, 0.05) is 6.54 Å². The fourth-order valence-electron chi connectivity index (χ4n) is 4.51. The summed E-state index contributed by atoms with van der Waals surface area (Å²) in [5, 5.41) is 4.44. The van der Waals surface area contributed by atoms with E-state index in [-0.39, 0.29) is 6.04 Å². The van der Waals surface area contributed by atoms with Crippen molar-refractivity contribution in [1.82, 2.24) is 5.01 Å². The molecule has 0 bridgehead atoms. The number of fused-ring (bicyclic) bond motifs is 1. The second kappa shape index (κ2) is 9.06. The molecule has 0 amide bonds. The number of likely N-dealkylation sites (N-methyl/N-ethyl adjacent to an activating group) is 1. The highest BCUT2D eigenvalue weighted by molar-refractivity contribution is 5.65. The van der Waals surface area contributed by atoms with Gasteiger partial charge < -0.3 is 4.79 Å². The summed E-state index contributed by atoms with van der Waals surface area (Å²) in [5.74, 6) is 0.303. The summed E-state index contributed by atoms with van der Waals surface area (Å²) in [6, 6.07) is 29.1. The molecule has 3 heteroatoms. The van der Waals surface area contributed by atoms with Crippen molar-refractivity contribution in [2.24, 2.45) is 5.92 Å². The maximum absolute atomic E-state index is 12.4. The predicted molar refractivity (Wildman–Crippen MR) is 119 cm³/mol. The lowest BCUT2D eigenvalue weighted by Gasteiger charge is -2.43. The molecule has 0 saturated carbocycles. The number of carbonyl (C=O) groups is 1. The molecule has 0 N–H and O–H groups in total. The largest absolute Gasteiger partial charge is 0.302 e. The van der Waals surface area contributed by atoms with E-state index in [0.29, 0.717) is 5.92 Å². The minimum Gasteiger partial charge on any atom is -0.302 e. The van der Waals surface area contributed by atoms with E-state index in [2.05, 4.69) is 65.5 Å². The van der Waals surface area contributed by atoms with E-state index in [1.807, 2.05) is 36.4 Å². The Kier molecular flexibility index (Phi) is 6.06. The van der Waals surface area contributed by atoms with Crippen LogP contribution < -0.4 is 5.01 Å². The van der Waals surface area contributed by atoms with Crippen molar-refractivity contribution in [3.8, 4) is 0 Å². The van der Waals surface area contributed by atoms with Crippen molar-refractivity contribution in [1.29, 1.82) is 0 Å². The Morgan fingerprint density at radius 2 is 1.41 bits per heavy atom. The molecule has 148 valence electrons. The molecule has 3 aromatic rings. The van der Waals surface area contributed by atoms with E-state index in [0.717, 1.165) is 43.5 Å². The number of hydrogen-bond donors (Lipinski definition) is 0. The standard InChI is InChI=1S/C26H28N2O/c1-2-27(26(20-29)23-18-17-21-11-9-10-12-22(21)19-23)28(24-13-5-3-6-14-24)25-15-7-4-8-16-25/h3-16,20,23,26H,2,17-19H2,1H3. The van der Waals surface area contributed by atoms with Gasteiger partial charge in [-0.25, -0.2) is 5.01 Å². The summed E-state index contributed by atoms with van der Waals surface area (Å²) in [4.78, 5) is 12.4. The summed E-state index contributed by atoms with van der Waals surface area (Å²) in [6.07, 6.45) is 4.18. The molecular formula is C26H28N2O. The van der Waals surface area contributed by atoms with Gasteiger partial charge in [-0.1, -0.05) is 67.6 Å². The van der Waals surface area contributed by atoms with Crippen LogP contribution in [0, 0.1) is 5.92 Å². The van der Waals surface area contributed by atoms with Crippen molar-refractivity contribution in [2.75, 3.05) is 11.6 Å². The second-order valence-corrected chi connectivity index (χ2v) is 7.64. The first-order chi connectivity index (χ1) is 14.3. The van der Waals surface area contributed by atoms with Crippen LogP contribution in [0.2, 0.25) is 0 Å². The summed E-state index contributed by atoms with van der Waals surface area (Å²) < 4.78 is 0. The van der Waals surface area contributed by atoms with Gasteiger partial charge in [-0.05, 0) is 60.6 Å². The zero-order valence-corrected chi connectivity index (χ0v) is 16.9. The van der Waals surface area contributed by atoms with Crippen molar-refractivity contribution < 1.29 is 4.79 Å². The zero-order valence-electron chi connectivity index (χ0n) is 16.9. The number of carbonyl (C=O) groups excluding carboxylic acids is 1. The lowest BCUT2D eigenvalue weighted by atomic mass is 9.80. The average molecular weight is 385 g/mol. The number of hydrazine groups is 1. The van der Waals surface area contributed by atoms with Crippen LogP contribution in [0.15, 0.2) is 84.9 Å². The lowest BCUT2D eigenvalue weighted by molar-refractivity contribution is -0.114. The molecule has 1 aliphatic rings. The first-order valence-electron chi connectivity index (χ1n) is 10.5. The van der Waals surface area contributed by atoms with Gasteiger partial charge in [0.25, 0.3) is 0 Å². The number of hydrogen-bond acceptors (Lipinski definition) is 3. The zero-order chi connectivity index (χ0) is 20.1. The highest BCUT2D eigenvalue weighted by Crippen LogP contribution is 2.33. The molecule has 0 aliphatic heterocycles. The Hall–Kier alpha value is -2.91. The van der Waals surface area contributed by atoms with Crippen molar-refractivity contribution in [2.45, 2.75) is 32.2 Å². The van der Waals surface area contributed by atoms with Gasteiger partial charge in [0.05, 0.1) is 17.4 Å². The van der Waals surface area contributed by atoms with Crippen molar-refractivity contribution >= 4 is 17.7 Å². The van der Waals surface area contributed by atoms with Gasteiger partial charge in [-0.15, -0.1) is 0 Å². The number of nitrogens with zero attached hydrogens (tertiary/aromatic N) is 2. The van der Waals surface area contributed by atoms with Gasteiger partial charge in [-0.3, -0.25) is 5.01 Å². The Labute approximate surface area is 173 Å². The maximum atomic E-state index is 12.4. The summed E-state index contributed by atoms with van der Waals surface area (Å²) >= 11 is 0. The Morgan fingerprint density at radius 1 is 0.862 bits per heavy atom. The van der Waals surface area contributed by atoms with Crippen LogP contribution >= 0.6 is 0 Å². The van der Waals surface area contributed by atoms with E-state index >= 15 is 0 Å². The molecule has 0 aromatic heterocycles. The maximum Gasteiger partial charge on any atom is 0.139 e. The first-order valence-corrected chi connectivity index (χ1v) is 10.5. The minimum absolute atomic E-state index is 0.172. The number of benzene rings is 3. The summed E-state index contributed by atoms with van der Waals surface area (Å²) in [6.45, 7) is 2.89. The Balaban J connectivity index is 1.69. The molecule has 0 radical (unpaired) electrons. The molecule has 0 saturated heterocycles. The van der Waals surface area contributed by atoms with E-state index in [4.69, 9.17) is 0 Å². The van der Waals surface area contributed by atoms with Crippen LogP contribution in [-0.2, 0) is 17.6 Å². The van der Waals surface area contributed by atoms with E-state index in [1.54, 1.807) is 0 Å². The molecule has 3 nitrogen and oxygen atoms in total. The topological polar surface area (TPSA) is 23.6 Å². The predicted octanol–water partition coefficient (Wildman–Crippen LogP) is 5.43. The van der Waals surface area contributed by atoms with Crippen molar-refractivity contribution in [3.05, 3.63) is 96.1 Å². The van der Waals surface area contributed by atoms with Gasteiger partial charge in [0.2, 0.25) is 0 Å². The fourth-order valence-corrected chi connectivity index (χ4v) is 4.51.